The number of carbonyl (C=O) groups is 1. The van der Waals surface area contributed by atoms with Crippen molar-refractivity contribution in [3.63, 3.8) is 0 Å². The van der Waals surface area contributed by atoms with E-state index in [0.29, 0.717) is 35.0 Å². The van der Waals surface area contributed by atoms with Gasteiger partial charge in [0.1, 0.15) is 11.6 Å². The van der Waals surface area contributed by atoms with Crippen LogP contribution in [0.3, 0.4) is 0 Å². The monoisotopic (exact) mass is 484 g/mol. The van der Waals surface area contributed by atoms with Gasteiger partial charge in [-0.05, 0) is 54.8 Å². The summed E-state index contributed by atoms with van der Waals surface area (Å²) in [4.78, 5) is 19.6. The van der Waals surface area contributed by atoms with Gasteiger partial charge in [0.05, 0.1) is 25.3 Å². The molecule has 5 rings (SSSR count). The molecule has 0 spiro atoms. The van der Waals surface area contributed by atoms with E-state index in [1.807, 2.05) is 62.4 Å². The summed E-state index contributed by atoms with van der Waals surface area (Å²) in [6.45, 7) is 4.25. The van der Waals surface area contributed by atoms with Gasteiger partial charge in [-0.3, -0.25) is 4.90 Å². The predicted octanol–water partition coefficient (Wildman–Crippen LogP) is 5.89. The minimum Gasteiger partial charge on any atom is -0.497 e. The highest BCUT2D eigenvalue weighted by atomic mass is 19.1. The van der Waals surface area contributed by atoms with Crippen LogP contribution in [0, 0.1) is 12.7 Å². The Kier molecular flexibility index (Phi) is 6.25. The highest BCUT2D eigenvalue weighted by molar-refractivity contribution is 5.87. The molecule has 4 aromatic rings. The first kappa shape index (κ1) is 23.3. The fraction of sp³-hybridized carbons (Fsp3) is 0.179. The Morgan fingerprint density at radius 2 is 1.83 bits per heavy atom. The molecule has 1 unspecified atom stereocenters. The number of nitrogens with zero attached hydrogens (tertiary/aromatic N) is 3. The molecule has 36 heavy (non-hydrogen) atoms. The summed E-state index contributed by atoms with van der Waals surface area (Å²) in [5, 5.41) is 7.24. The number of amides is 2. The molecule has 0 radical (unpaired) electrons. The Morgan fingerprint density at radius 3 is 2.58 bits per heavy atom. The van der Waals surface area contributed by atoms with Gasteiger partial charge in [-0.2, -0.15) is 4.98 Å². The molecule has 1 N–H and O–H groups in total. The highest BCUT2D eigenvalue weighted by Gasteiger charge is 2.36. The van der Waals surface area contributed by atoms with Crippen LogP contribution in [0.25, 0.3) is 17.0 Å². The Morgan fingerprint density at radius 1 is 1.06 bits per heavy atom. The molecule has 8 heteroatoms. The van der Waals surface area contributed by atoms with Crippen molar-refractivity contribution in [2.45, 2.75) is 26.4 Å². The Labute approximate surface area is 208 Å². The number of aromatic nitrogens is 2. The van der Waals surface area contributed by atoms with Crippen molar-refractivity contribution in [3.8, 4) is 17.1 Å². The molecular formula is C28H25FN4O3. The molecule has 2 heterocycles. The van der Waals surface area contributed by atoms with Crippen LogP contribution in [0.1, 0.15) is 35.5 Å². The van der Waals surface area contributed by atoms with Gasteiger partial charge in [0.25, 0.3) is 5.89 Å². The first-order valence-corrected chi connectivity index (χ1v) is 11.5. The molecule has 2 amide bonds. The largest absolute Gasteiger partial charge is 0.497 e. The molecule has 1 atom stereocenters. The summed E-state index contributed by atoms with van der Waals surface area (Å²) in [7, 11) is 1.59. The standard InChI is InChI=1S/C28H25FN4O3/c1-17-7-4-5-8-21(17)16-33-18(2)24(25(30-28(33)34)19-11-13-22(29)14-12-19)27-31-26(32-36-27)20-9-6-10-23(15-20)35-3/h4-15,25H,16H2,1-3H3,(H,30,34). The number of carbonyl (C=O) groups excluding carboxylic acids is 1. The molecule has 7 nitrogen and oxygen atoms in total. The van der Waals surface area contributed by atoms with Crippen molar-refractivity contribution < 1.29 is 18.4 Å². The summed E-state index contributed by atoms with van der Waals surface area (Å²) < 4.78 is 24.7. The van der Waals surface area contributed by atoms with Crippen molar-refractivity contribution in [2.24, 2.45) is 0 Å². The molecule has 0 saturated heterocycles. The van der Waals surface area contributed by atoms with Crippen LogP contribution in [0.4, 0.5) is 9.18 Å². The van der Waals surface area contributed by atoms with E-state index in [4.69, 9.17) is 9.26 Å². The zero-order valence-corrected chi connectivity index (χ0v) is 20.2. The number of nitrogens with one attached hydrogen (secondary N) is 1. The van der Waals surface area contributed by atoms with E-state index in [-0.39, 0.29) is 17.7 Å². The van der Waals surface area contributed by atoms with Gasteiger partial charge in [-0.15, -0.1) is 0 Å². The van der Waals surface area contributed by atoms with Crippen LogP contribution >= 0.6 is 0 Å². The molecule has 0 saturated carbocycles. The first-order valence-electron chi connectivity index (χ1n) is 11.5. The maximum Gasteiger partial charge on any atom is 0.322 e. The van der Waals surface area contributed by atoms with E-state index in [9.17, 15) is 9.18 Å². The number of allylic oxidation sites excluding steroid dienone is 1. The molecule has 1 aromatic heterocycles. The average Bonchev–Trinajstić information content (AvgIpc) is 3.37. The quantitative estimate of drug-likeness (QED) is 0.369. The van der Waals surface area contributed by atoms with E-state index >= 15 is 0 Å². The number of ether oxygens (including phenoxy) is 1. The van der Waals surface area contributed by atoms with Crippen LogP contribution in [-0.2, 0) is 6.54 Å². The topological polar surface area (TPSA) is 80.5 Å². The van der Waals surface area contributed by atoms with Crippen LogP contribution in [0.5, 0.6) is 5.75 Å². The van der Waals surface area contributed by atoms with Gasteiger partial charge in [0.15, 0.2) is 0 Å². The van der Waals surface area contributed by atoms with Gasteiger partial charge >= 0.3 is 6.03 Å². The fourth-order valence-electron chi connectivity index (χ4n) is 4.32. The normalized spacial score (nSPS) is 15.7. The molecule has 0 aliphatic carbocycles. The van der Waals surface area contributed by atoms with Gasteiger partial charge in [-0.25, -0.2) is 9.18 Å². The van der Waals surface area contributed by atoms with Crippen LogP contribution in [0.15, 0.2) is 83.0 Å². The van der Waals surface area contributed by atoms with Crippen LogP contribution in [0.2, 0.25) is 0 Å². The van der Waals surface area contributed by atoms with E-state index in [2.05, 4.69) is 15.5 Å². The lowest BCUT2D eigenvalue weighted by Gasteiger charge is -2.35. The Balaban J connectivity index is 1.60. The molecular weight excluding hydrogens is 459 g/mol. The van der Waals surface area contributed by atoms with Crippen molar-refractivity contribution in [3.05, 3.63) is 107 Å². The van der Waals surface area contributed by atoms with Gasteiger partial charge in [0.2, 0.25) is 5.82 Å². The Bertz CT molecular complexity index is 1450. The van der Waals surface area contributed by atoms with E-state index in [1.54, 1.807) is 24.1 Å². The predicted molar refractivity (Wildman–Crippen MR) is 133 cm³/mol. The highest BCUT2D eigenvalue weighted by Crippen LogP contribution is 2.38. The molecule has 3 aromatic carbocycles. The maximum atomic E-state index is 13.7. The minimum absolute atomic E-state index is 0.263. The lowest BCUT2D eigenvalue weighted by Crippen LogP contribution is -2.45. The lowest BCUT2D eigenvalue weighted by molar-refractivity contribution is 0.203. The third kappa shape index (κ3) is 4.45. The van der Waals surface area contributed by atoms with Crippen molar-refractivity contribution in [1.82, 2.24) is 20.4 Å². The van der Waals surface area contributed by atoms with Crippen molar-refractivity contribution in [2.75, 3.05) is 7.11 Å². The lowest BCUT2D eigenvalue weighted by atomic mass is 9.94. The minimum atomic E-state index is -0.593. The second kappa shape index (κ2) is 9.65. The van der Waals surface area contributed by atoms with Gasteiger partial charge in [-0.1, -0.05) is 53.7 Å². The maximum absolute atomic E-state index is 13.7. The summed E-state index contributed by atoms with van der Waals surface area (Å²) in [5.74, 6) is 0.981. The average molecular weight is 485 g/mol. The molecule has 182 valence electrons. The van der Waals surface area contributed by atoms with Crippen molar-refractivity contribution >= 4 is 11.6 Å². The number of rotatable bonds is 6. The fourth-order valence-corrected chi connectivity index (χ4v) is 4.32. The number of halogens is 1. The number of benzene rings is 3. The zero-order chi connectivity index (χ0) is 25.2. The zero-order valence-electron chi connectivity index (χ0n) is 20.2. The second-order valence-electron chi connectivity index (χ2n) is 8.60. The van der Waals surface area contributed by atoms with E-state index < -0.39 is 6.04 Å². The molecule has 0 bridgehead atoms. The SMILES string of the molecule is COc1cccc(-c2noc(C3=C(C)N(Cc4ccccc4C)C(=O)NC3c3ccc(F)cc3)n2)c1. The molecule has 1 aliphatic heterocycles. The smallest absolute Gasteiger partial charge is 0.322 e. The van der Waals surface area contributed by atoms with Crippen molar-refractivity contribution in [1.29, 1.82) is 0 Å². The number of methoxy groups -OCH3 is 1. The van der Waals surface area contributed by atoms with Crippen LogP contribution in [-0.4, -0.2) is 28.2 Å². The molecule has 1 aliphatic rings. The first-order chi connectivity index (χ1) is 17.4. The third-order valence-corrected chi connectivity index (χ3v) is 6.37. The number of aryl methyl sites for hydroxylation is 1. The van der Waals surface area contributed by atoms with E-state index in [0.717, 1.165) is 16.7 Å². The second-order valence-corrected chi connectivity index (χ2v) is 8.60. The Hall–Kier alpha value is -4.46. The summed E-state index contributed by atoms with van der Waals surface area (Å²) in [6.07, 6.45) is 0. The number of urea groups is 1. The summed E-state index contributed by atoms with van der Waals surface area (Å²) in [6, 6.07) is 20.4. The van der Waals surface area contributed by atoms with Gasteiger partial charge < -0.3 is 14.6 Å². The van der Waals surface area contributed by atoms with Crippen LogP contribution < -0.4 is 10.1 Å². The van der Waals surface area contributed by atoms with E-state index in [1.165, 1.54) is 12.1 Å². The third-order valence-electron chi connectivity index (χ3n) is 6.37. The number of hydrogen-bond donors (Lipinski definition) is 1. The summed E-state index contributed by atoms with van der Waals surface area (Å²) >= 11 is 0. The van der Waals surface area contributed by atoms with Gasteiger partial charge in [0, 0.05) is 11.3 Å². The molecule has 0 fully saturated rings. The number of hydrogen-bond acceptors (Lipinski definition) is 5. The summed E-state index contributed by atoms with van der Waals surface area (Å²) in [5.41, 5.74) is 4.87.